The number of hydrogen-bond acceptors (Lipinski definition) is 2. The molecule has 1 aromatic heterocycles. The lowest BCUT2D eigenvalue weighted by molar-refractivity contribution is 0.111. The summed E-state index contributed by atoms with van der Waals surface area (Å²) >= 11 is 0. The molecule has 2 aromatic rings. The van der Waals surface area contributed by atoms with Crippen molar-refractivity contribution in [1.82, 2.24) is 10.2 Å². The highest BCUT2D eigenvalue weighted by atomic mass is 16.1. The van der Waals surface area contributed by atoms with Gasteiger partial charge in [-0.3, -0.25) is 9.89 Å². The van der Waals surface area contributed by atoms with Crippen LogP contribution in [-0.2, 0) is 12.8 Å². The van der Waals surface area contributed by atoms with Crippen molar-refractivity contribution in [3.8, 4) is 0 Å². The van der Waals surface area contributed by atoms with Crippen molar-refractivity contribution in [3.63, 3.8) is 0 Å². The van der Waals surface area contributed by atoms with Gasteiger partial charge in [0, 0.05) is 5.69 Å². The van der Waals surface area contributed by atoms with Crippen LogP contribution in [0.4, 0.5) is 0 Å². The van der Waals surface area contributed by atoms with Crippen molar-refractivity contribution >= 4 is 6.29 Å². The third-order valence-electron chi connectivity index (χ3n) is 2.30. The maximum atomic E-state index is 10.4. The first-order chi connectivity index (χ1) is 7.38. The third kappa shape index (κ3) is 2.53. The molecule has 0 fully saturated rings. The summed E-state index contributed by atoms with van der Waals surface area (Å²) in [5.41, 5.74) is 2.76. The average molecular weight is 200 g/mol. The molecule has 0 saturated heterocycles. The molecule has 0 aliphatic carbocycles. The molecule has 1 N–H and O–H groups in total. The van der Waals surface area contributed by atoms with Gasteiger partial charge in [-0.2, -0.15) is 5.10 Å². The number of nitrogens with zero attached hydrogens (tertiary/aromatic N) is 1. The standard InChI is InChI=1S/C12H12N2O/c15-9-12-8-11(13-14-12)7-6-10-4-2-1-3-5-10/h1-5,8-9H,6-7H2,(H,13,14). The highest BCUT2D eigenvalue weighted by Gasteiger charge is 1.99. The van der Waals surface area contributed by atoms with E-state index in [4.69, 9.17) is 0 Å². The van der Waals surface area contributed by atoms with Gasteiger partial charge in [-0.1, -0.05) is 30.3 Å². The molecule has 3 nitrogen and oxygen atoms in total. The summed E-state index contributed by atoms with van der Waals surface area (Å²) in [5, 5.41) is 6.70. The minimum atomic E-state index is 0.470. The highest BCUT2D eigenvalue weighted by Crippen LogP contribution is 2.05. The SMILES string of the molecule is O=Cc1cc(CCc2ccccc2)[nH]n1. The summed E-state index contributed by atoms with van der Waals surface area (Å²) in [6.07, 6.45) is 2.59. The zero-order valence-electron chi connectivity index (χ0n) is 8.31. The van der Waals surface area contributed by atoms with Crippen LogP contribution in [0.25, 0.3) is 0 Å². The molecule has 2 rings (SSSR count). The van der Waals surface area contributed by atoms with Crippen LogP contribution >= 0.6 is 0 Å². The van der Waals surface area contributed by atoms with Gasteiger partial charge >= 0.3 is 0 Å². The number of aryl methyl sites for hydroxylation is 2. The number of aromatic nitrogens is 2. The first-order valence-electron chi connectivity index (χ1n) is 4.92. The van der Waals surface area contributed by atoms with Gasteiger partial charge in [-0.05, 0) is 24.5 Å². The fourth-order valence-electron chi connectivity index (χ4n) is 1.49. The maximum absolute atomic E-state index is 10.4. The molecule has 15 heavy (non-hydrogen) atoms. The second kappa shape index (κ2) is 4.55. The first kappa shape index (κ1) is 9.65. The molecule has 0 bridgehead atoms. The zero-order chi connectivity index (χ0) is 10.5. The van der Waals surface area contributed by atoms with E-state index in [1.807, 2.05) is 18.2 Å². The van der Waals surface area contributed by atoms with Gasteiger partial charge in [-0.15, -0.1) is 0 Å². The van der Waals surface area contributed by atoms with Gasteiger partial charge in [-0.25, -0.2) is 0 Å². The predicted molar refractivity (Wildman–Crippen MR) is 57.8 cm³/mol. The van der Waals surface area contributed by atoms with Gasteiger partial charge in [0.2, 0.25) is 0 Å². The summed E-state index contributed by atoms with van der Waals surface area (Å²) in [7, 11) is 0. The molecule has 0 saturated carbocycles. The van der Waals surface area contributed by atoms with Crippen molar-refractivity contribution in [3.05, 3.63) is 53.3 Å². The minimum absolute atomic E-state index is 0.470. The fourth-order valence-corrected chi connectivity index (χ4v) is 1.49. The Balaban J connectivity index is 1.96. The molecule has 76 valence electrons. The number of rotatable bonds is 4. The van der Waals surface area contributed by atoms with E-state index in [9.17, 15) is 4.79 Å². The summed E-state index contributed by atoms with van der Waals surface area (Å²) in [4.78, 5) is 10.4. The summed E-state index contributed by atoms with van der Waals surface area (Å²) in [5.74, 6) is 0. The molecule has 0 aliphatic heterocycles. The molecule has 1 aromatic carbocycles. The Hall–Kier alpha value is -1.90. The number of carbonyl (C=O) groups excluding carboxylic acids is 1. The molecule has 0 spiro atoms. The van der Waals surface area contributed by atoms with Crippen LogP contribution in [-0.4, -0.2) is 16.5 Å². The van der Waals surface area contributed by atoms with Crippen LogP contribution in [0.3, 0.4) is 0 Å². The number of H-pyrrole nitrogens is 1. The van der Waals surface area contributed by atoms with Crippen LogP contribution in [0.1, 0.15) is 21.7 Å². The van der Waals surface area contributed by atoms with E-state index in [-0.39, 0.29) is 0 Å². The summed E-state index contributed by atoms with van der Waals surface area (Å²) < 4.78 is 0. The first-order valence-corrected chi connectivity index (χ1v) is 4.92. The van der Waals surface area contributed by atoms with Gasteiger partial charge < -0.3 is 0 Å². The van der Waals surface area contributed by atoms with E-state index < -0.39 is 0 Å². The largest absolute Gasteiger partial charge is 0.296 e. The second-order valence-electron chi connectivity index (χ2n) is 3.42. The summed E-state index contributed by atoms with van der Waals surface area (Å²) in [6, 6.07) is 12.0. The molecule has 0 amide bonds. The minimum Gasteiger partial charge on any atom is -0.296 e. The zero-order valence-corrected chi connectivity index (χ0v) is 8.31. The van der Waals surface area contributed by atoms with Gasteiger partial charge in [0.05, 0.1) is 0 Å². The Morgan fingerprint density at radius 2 is 2.00 bits per heavy atom. The van der Waals surface area contributed by atoms with Crippen molar-refractivity contribution in [2.24, 2.45) is 0 Å². The van der Waals surface area contributed by atoms with Gasteiger partial charge in [0.1, 0.15) is 5.69 Å². The number of benzene rings is 1. The van der Waals surface area contributed by atoms with Crippen LogP contribution in [0.15, 0.2) is 36.4 Å². The number of hydrogen-bond donors (Lipinski definition) is 1. The van der Waals surface area contributed by atoms with E-state index in [1.165, 1.54) is 5.56 Å². The monoisotopic (exact) mass is 200 g/mol. The summed E-state index contributed by atoms with van der Waals surface area (Å²) in [6.45, 7) is 0. The van der Waals surface area contributed by atoms with E-state index in [0.29, 0.717) is 5.69 Å². The van der Waals surface area contributed by atoms with Crippen molar-refractivity contribution in [2.45, 2.75) is 12.8 Å². The van der Waals surface area contributed by atoms with Crippen LogP contribution < -0.4 is 0 Å². The number of aldehydes is 1. The lowest BCUT2D eigenvalue weighted by atomic mass is 10.1. The normalized spacial score (nSPS) is 10.1. The fraction of sp³-hybridized carbons (Fsp3) is 0.167. The quantitative estimate of drug-likeness (QED) is 0.767. The Kier molecular flexibility index (Phi) is 2.93. The predicted octanol–water partition coefficient (Wildman–Crippen LogP) is 2.01. The Bertz CT molecular complexity index is 434. The highest BCUT2D eigenvalue weighted by molar-refractivity contribution is 5.71. The molecule has 0 radical (unpaired) electrons. The van der Waals surface area contributed by atoms with Crippen LogP contribution in [0, 0.1) is 0 Å². The van der Waals surface area contributed by atoms with E-state index in [2.05, 4.69) is 22.3 Å². The lowest BCUT2D eigenvalue weighted by Gasteiger charge is -1.98. The Morgan fingerprint density at radius 3 is 2.67 bits per heavy atom. The average Bonchev–Trinajstić information content (AvgIpc) is 2.76. The van der Waals surface area contributed by atoms with Gasteiger partial charge in [0.25, 0.3) is 0 Å². The van der Waals surface area contributed by atoms with E-state index in [1.54, 1.807) is 6.07 Å². The Morgan fingerprint density at radius 1 is 1.20 bits per heavy atom. The topological polar surface area (TPSA) is 45.8 Å². The van der Waals surface area contributed by atoms with Crippen molar-refractivity contribution in [1.29, 1.82) is 0 Å². The molecule has 0 aliphatic rings. The molecular weight excluding hydrogens is 188 g/mol. The van der Waals surface area contributed by atoms with Crippen molar-refractivity contribution < 1.29 is 4.79 Å². The molecule has 0 unspecified atom stereocenters. The molecule has 0 atom stereocenters. The molecule has 1 heterocycles. The number of aromatic amines is 1. The van der Waals surface area contributed by atoms with Crippen LogP contribution in [0.2, 0.25) is 0 Å². The number of carbonyl (C=O) groups is 1. The van der Waals surface area contributed by atoms with E-state index in [0.717, 1.165) is 24.8 Å². The van der Waals surface area contributed by atoms with Gasteiger partial charge in [0.15, 0.2) is 6.29 Å². The number of nitrogens with one attached hydrogen (secondary N) is 1. The molecular formula is C12H12N2O. The second-order valence-corrected chi connectivity index (χ2v) is 3.42. The maximum Gasteiger partial charge on any atom is 0.170 e. The third-order valence-corrected chi connectivity index (χ3v) is 2.30. The smallest absolute Gasteiger partial charge is 0.170 e. The molecule has 3 heteroatoms. The Labute approximate surface area is 88.1 Å². The van der Waals surface area contributed by atoms with Crippen molar-refractivity contribution in [2.75, 3.05) is 0 Å². The lowest BCUT2D eigenvalue weighted by Crippen LogP contribution is -1.90. The van der Waals surface area contributed by atoms with Crippen LogP contribution in [0.5, 0.6) is 0 Å². The van der Waals surface area contributed by atoms with E-state index >= 15 is 0 Å².